The van der Waals surface area contributed by atoms with Gasteiger partial charge < -0.3 is 5.32 Å². The number of aromatic amines is 1. The van der Waals surface area contributed by atoms with Gasteiger partial charge in [0.05, 0.1) is 11.9 Å². The van der Waals surface area contributed by atoms with Crippen molar-refractivity contribution in [3.05, 3.63) is 21.6 Å². The quantitative estimate of drug-likeness (QED) is 0.854. The number of nitrogens with zero attached hydrogens (tertiary/aromatic N) is 1. The summed E-state index contributed by atoms with van der Waals surface area (Å²) in [6.45, 7) is 0. The minimum Gasteiger partial charge on any atom is -0.380 e. The minimum absolute atomic E-state index is 0.210. The number of aromatic nitrogens is 2. The molecule has 1 fully saturated rings. The summed E-state index contributed by atoms with van der Waals surface area (Å²) in [7, 11) is 0. The van der Waals surface area contributed by atoms with Gasteiger partial charge in [-0.25, -0.2) is 5.10 Å². The maximum atomic E-state index is 11.3. The highest BCUT2D eigenvalue weighted by molar-refractivity contribution is 6.32. The molecule has 1 saturated carbocycles. The van der Waals surface area contributed by atoms with Crippen LogP contribution < -0.4 is 10.9 Å². The monoisotopic (exact) mass is 255 g/mol. The zero-order valence-electron chi connectivity index (χ0n) is 9.84. The van der Waals surface area contributed by atoms with Crippen molar-refractivity contribution in [2.24, 2.45) is 0 Å². The molecule has 0 aromatic carbocycles. The summed E-state index contributed by atoms with van der Waals surface area (Å²) in [4.78, 5) is 11.3. The van der Waals surface area contributed by atoms with Crippen LogP contribution in [0, 0.1) is 0 Å². The zero-order valence-corrected chi connectivity index (χ0v) is 10.6. The van der Waals surface area contributed by atoms with Crippen molar-refractivity contribution in [2.45, 2.75) is 51.0 Å². The fourth-order valence-corrected chi connectivity index (χ4v) is 2.45. The lowest BCUT2D eigenvalue weighted by Crippen LogP contribution is -2.22. The molecule has 0 saturated heterocycles. The molecule has 0 spiro atoms. The number of nitrogens with one attached hydrogen (secondary N) is 2. The van der Waals surface area contributed by atoms with Crippen molar-refractivity contribution >= 4 is 17.3 Å². The maximum absolute atomic E-state index is 11.3. The smallest absolute Gasteiger partial charge is 0.285 e. The Hall–Kier alpha value is -1.03. The molecule has 17 heavy (non-hydrogen) atoms. The Bertz CT molecular complexity index is 410. The fourth-order valence-electron chi connectivity index (χ4n) is 2.30. The Morgan fingerprint density at radius 3 is 2.59 bits per heavy atom. The molecule has 94 valence electrons. The van der Waals surface area contributed by atoms with Crippen molar-refractivity contribution in [1.82, 2.24) is 10.2 Å². The molecule has 1 aliphatic carbocycles. The maximum Gasteiger partial charge on any atom is 0.285 e. The van der Waals surface area contributed by atoms with Crippen LogP contribution in [0.25, 0.3) is 0 Å². The number of anilines is 1. The van der Waals surface area contributed by atoms with E-state index in [2.05, 4.69) is 15.5 Å². The lowest BCUT2D eigenvalue weighted by Gasteiger charge is -2.22. The van der Waals surface area contributed by atoms with Crippen LogP contribution in [0.3, 0.4) is 0 Å². The Balaban J connectivity index is 2.03. The van der Waals surface area contributed by atoms with Gasteiger partial charge in [-0.3, -0.25) is 4.79 Å². The van der Waals surface area contributed by atoms with Gasteiger partial charge in [0, 0.05) is 6.04 Å². The van der Waals surface area contributed by atoms with Crippen LogP contribution in [-0.2, 0) is 0 Å². The molecule has 1 aliphatic rings. The average molecular weight is 256 g/mol. The standard InChI is InChI=1S/C12H18ClN3O/c13-11-10(8-14-16-12(11)17)15-9-6-4-2-1-3-5-7-9/h8-9H,1-7H2,(H2,15,16,17). The normalized spacial score (nSPS) is 18.4. The summed E-state index contributed by atoms with van der Waals surface area (Å²) in [5.41, 5.74) is 0.323. The lowest BCUT2D eigenvalue weighted by molar-refractivity contribution is 0.471. The average Bonchev–Trinajstić information content (AvgIpc) is 2.28. The van der Waals surface area contributed by atoms with Crippen molar-refractivity contribution in [3.8, 4) is 0 Å². The first-order chi connectivity index (χ1) is 8.27. The van der Waals surface area contributed by atoms with E-state index < -0.39 is 0 Å². The van der Waals surface area contributed by atoms with E-state index in [0.29, 0.717) is 11.7 Å². The summed E-state index contributed by atoms with van der Waals surface area (Å²) < 4.78 is 0. The Morgan fingerprint density at radius 2 is 1.88 bits per heavy atom. The fraction of sp³-hybridized carbons (Fsp3) is 0.667. The molecule has 1 aromatic rings. The van der Waals surface area contributed by atoms with Crippen LogP contribution in [0.4, 0.5) is 5.69 Å². The molecule has 0 atom stereocenters. The summed E-state index contributed by atoms with van der Waals surface area (Å²) in [6.07, 6.45) is 10.3. The molecule has 1 heterocycles. The molecule has 2 N–H and O–H groups in total. The molecule has 0 bridgehead atoms. The third-order valence-corrected chi connectivity index (χ3v) is 3.64. The molecular weight excluding hydrogens is 238 g/mol. The number of rotatable bonds is 2. The first-order valence-electron chi connectivity index (χ1n) is 6.27. The Morgan fingerprint density at radius 1 is 1.24 bits per heavy atom. The number of H-pyrrole nitrogens is 1. The molecule has 0 radical (unpaired) electrons. The van der Waals surface area contributed by atoms with Gasteiger partial charge in [0.25, 0.3) is 5.56 Å². The molecule has 5 heteroatoms. The van der Waals surface area contributed by atoms with Gasteiger partial charge >= 0.3 is 0 Å². The molecule has 4 nitrogen and oxygen atoms in total. The van der Waals surface area contributed by atoms with E-state index >= 15 is 0 Å². The van der Waals surface area contributed by atoms with E-state index in [-0.39, 0.29) is 10.6 Å². The predicted octanol–water partition coefficient (Wildman–Crippen LogP) is 2.95. The first kappa shape index (κ1) is 12.4. The zero-order chi connectivity index (χ0) is 12.1. The third kappa shape index (κ3) is 3.46. The predicted molar refractivity (Wildman–Crippen MR) is 69.6 cm³/mol. The van der Waals surface area contributed by atoms with Gasteiger partial charge in [0.2, 0.25) is 0 Å². The molecule has 0 aliphatic heterocycles. The highest BCUT2D eigenvalue weighted by Gasteiger charge is 2.13. The van der Waals surface area contributed by atoms with E-state index in [1.54, 1.807) is 6.20 Å². The van der Waals surface area contributed by atoms with Crippen LogP contribution >= 0.6 is 11.6 Å². The third-order valence-electron chi connectivity index (χ3n) is 3.26. The Labute approximate surface area is 106 Å². The van der Waals surface area contributed by atoms with E-state index in [1.165, 1.54) is 32.1 Å². The van der Waals surface area contributed by atoms with Gasteiger partial charge in [-0.15, -0.1) is 0 Å². The molecule has 1 aromatic heterocycles. The van der Waals surface area contributed by atoms with Gasteiger partial charge in [-0.2, -0.15) is 5.10 Å². The van der Waals surface area contributed by atoms with E-state index in [4.69, 9.17) is 11.6 Å². The molecule has 0 amide bonds. The summed E-state index contributed by atoms with van der Waals surface area (Å²) in [6, 6.07) is 0.413. The van der Waals surface area contributed by atoms with Crippen molar-refractivity contribution in [2.75, 3.05) is 5.32 Å². The second-order valence-corrected chi connectivity index (χ2v) is 4.99. The van der Waals surface area contributed by atoms with E-state index in [9.17, 15) is 4.79 Å². The molecular formula is C12H18ClN3O. The van der Waals surface area contributed by atoms with Gasteiger partial charge in [0.1, 0.15) is 5.02 Å². The molecule has 0 unspecified atom stereocenters. The van der Waals surface area contributed by atoms with Gasteiger partial charge in [-0.05, 0) is 12.8 Å². The van der Waals surface area contributed by atoms with Crippen LogP contribution in [-0.4, -0.2) is 16.2 Å². The molecule has 2 rings (SSSR count). The van der Waals surface area contributed by atoms with Crippen molar-refractivity contribution in [1.29, 1.82) is 0 Å². The van der Waals surface area contributed by atoms with Crippen molar-refractivity contribution in [3.63, 3.8) is 0 Å². The van der Waals surface area contributed by atoms with Crippen LogP contribution in [0.5, 0.6) is 0 Å². The SMILES string of the molecule is O=c1[nH]ncc(NC2CCCCCCC2)c1Cl. The van der Waals surface area contributed by atoms with E-state index in [0.717, 1.165) is 12.8 Å². The summed E-state index contributed by atoms with van der Waals surface area (Å²) >= 11 is 5.94. The first-order valence-corrected chi connectivity index (χ1v) is 6.65. The van der Waals surface area contributed by atoms with Crippen LogP contribution in [0.2, 0.25) is 5.02 Å². The summed E-state index contributed by atoms with van der Waals surface area (Å²) in [5.74, 6) is 0. The highest BCUT2D eigenvalue weighted by atomic mass is 35.5. The van der Waals surface area contributed by atoms with E-state index in [1.807, 2.05) is 0 Å². The topological polar surface area (TPSA) is 57.8 Å². The van der Waals surface area contributed by atoms with Gasteiger partial charge in [0.15, 0.2) is 0 Å². The second kappa shape index (κ2) is 6.05. The highest BCUT2D eigenvalue weighted by Crippen LogP contribution is 2.22. The second-order valence-electron chi connectivity index (χ2n) is 4.61. The Kier molecular flexibility index (Phi) is 4.42. The lowest BCUT2D eigenvalue weighted by atomic mass is 9.96. The van der Waals surface area contributed by atoms with Gasteiger partial charge in [-0.1, -0.05) is 43.7 Å². The van der Waals surface area contributed by atoms with Crippen molar-refractivity contribution < 1.29 is 0 Å². The number of hydrogen-bond acceptors (Lipinski definition) is 3. The number of hydrogen-bond donors (Lipinski definition) is 2. The minimum atomic E-state index is -0.331. The van der Waals surface area contributed by atoms with Crippen LogP contribution in [0.15, 0.2) is 11.0 Å². The van der Waals surface area contributed by atoms with Crippen LogP contribution in [0.1, 0.15) is 44.9 Å². The largest absolute Gasteiger partial charge is 0.380 e. The summed E-state index contributed by atoms with van der Waals surface area (Å²) in [5, 5.41) is 9.64. The number of halogens is 1.